The van der Waals surface area contributed by atoms with E-state index < -0.39 is 0 Å². The molecule has 1 aromatic heterocycles. The predicted octanol–water partition coefficient (Wildman–Crippen LogP) is 2.50. The molecule has 158 valence electrons. The van der Waals surface area contributed by atoms with Gasteiger partial charge in [-0.25, -0.2) is 9.97 Å². The van der Waals surface area contributed by atoms with E-state index in [0.717, 1.165) is 31.7 Å². The number of hydrogen-bond acceptors (Lipinski definition) is 5. The molecular weight excluding hydrogens is 380 g/mol. The molecular formula is C23H28N4O3. The number of benzene rings is 1. The Kier molecular flexibility index (Phi) is 6.26. The van der Waals surface area contributed by atoms with E-state index >= 15 is 0 Å². The van der Waals surface area contributed by atoms with Crippen LogP contribution in [0.2, 0.25) is 0 Å². The van der Waals surface area contributed by atoms with Crippen LogP contribution < -0.4 is 4.74 Å². The molecule has 1 aromatic carbocycles. The summed E-state index contributed by atoms with van der Waals surface area (Å²) in [6.45, 7) is 5.17. The number of ether oxygens (including phenoxy) is 1. The first-order valence-corrected chi connectivity index (χ1v) is 10.6. The van der Waals surface area contributed by atoms with Gasteiger partial charge in [0.2, 0.25) is 5.91 Å². The first-order chi connectivity index (χ1) is 14.6. The maximum atomic E-state index is 13.0. The molecule has 2 aliphatic heterocycles. The number of nitrogens with zero attached hydrogens (tertiary/aromatic N) is 4. The number of rotatable bonds is 5. The third kappa shape index (κ3) is 4.61. The molecule has 7 nitrogen and oxygen atoms in total. The maximum absolute atomic E-state index is 13.0. The lowest BCUT2D eigenvalue weighted by molar-refractivity contribution is -0.130. The van der Waals surface area contributed by atoms with Gasteiger partial charge in [0, 0.05) is 45.2 Å². The normalized spacial score (nSPS) is 22.2. The molecule has 2 saturated heterocycles. The largest absolute Gasteiger partial charge is 0.493 e. The van der Waals surface area contributed by atoms with Gasteiger partial charge in [-0.3, -0.25) is 9.59 Å². The Balaban J connectivity index is 1.46. The summed E-state index contributed by atoms with van der Waals surface area (Å²) in [4.78, 5) is 36.5. The molecule has 0 N–H and O–H groups in total. The molecule has 0 radical (unpaired) electrons. The fourth-order valence-corrected chi connectivity index (χ4v) is 4.71. The van der Waals surface area contributed by atoms with E-state index in [1.165, 1.54) is 6.33 Å². The van der Waals surface area contributed by atoms with Crippen LogP contribution in [0.15, 0.2) is 48.9 Å². The fourth-order valence-electron chi connectivity index (χ4n) is 4.71. The Morgan fingerprint density at radius 1 is 1.07 bits per heavy atom. The molecule has 2 aliphatic rings. The van der Waals surface area contributed by atoms with Crippen molar-refractivity contribution in [3.8, 4) is 5.75 Å². The summed E-state index contributed by atoms with van der Waals surface area (Å²) in [5.74, 6) is 2.03. The average Bonchev–Trinajstić information content (AvgIpc) is 3.23. The Morgan fingerprint density at radius 3 is 2.50 bits per heavy atom. The Bertz CT molecular complexity index is 853. The summed E-state index contributed by atoms with van der Waals surface area (Å²) >= 11 is 0. The zero-order valence-electron chi connectivity index (χ0n) is 17.3. The Hall–Kier alpha value is -2.96. The first-order valence-electron chi connectivity index (χ1n) is 10.6. The van der Waals surface area contributed by atoms with E-state index in [-0.39, 0.29) is 17.7 Å². The summed E-state index contributed by atoms with van der Waals surface area (Å²) in [7, 11) is 0. The van der Waals surface area contributed by atoms with Crippen LogP contribution >= 0.6 is 0 Å². The molecule has 4 rings (SSSR count). The lowest BCUT2D eigenvalue weighted by Gasteiger charge is -2.36. The highest BCUT2D eigenvalue weighted by molar-refractivity contribution is 5.92. The quantitative estimate of drug-likeness (QED) is 0.760. The first kappa shape index (κ1) is 20.3. The van der Waals surface area contributed by atoms with Gasteiger partial charge in [-0.2, -0.15) is 0 Å². The van der Waals surface area contributed by atoms with Gasteiger partial charge in [0.1, 0.15) is 17.8 Å². The smallest absolute Gasteiger partial charge is 0.272 e. The minimum atomic E-state index is -0.0502. The lowest BCUT2D eigenvalue weighted by Crippen LogP contribution is -2.40. The van der Waals surface area contributed by atoms with E-state index in [4.69, 9.17) is 4.74 Å². The highest BCUT2D eigenvalue weighted by Crippen LogP contribution is 2.36. The predicted molar refractivity (Wildman–Crippen MR) is 112 cm³/mol. The monoisotopic (exact) mass is 408 g/mol. The number of para-hydroxylation sites is 1. The van der Waals surface area contributed by atoms with Gasteiger partial charge >= 0.3 is 0 Å². The maximum Gasteiger partial charge on any atom is 0.272 e. The number of carbonyl (C=O) groups is 2. The van der Waals surface area contributed by atoms with Crippen molar-refractivity contribution < 1.29 is 14.3 Å². The Morgan fingerprint density at radius 2 is 1.83 bits per heavy atom. The topological polar surface area (TPSA) is 75.6 Å². The number of likely N-dealkylation sites (tertiary alicyclic amines) is 2. The molecule has 0 unspecified atom stereocenters. The average molecular weight is 409 g/mol. The second-order valence-electron chi connectivity index (χ2n) is 8.20. The van der Waals surface area contributed by atoms with Crippen LogP contribution in [-0.4, -0.2) is 64.4 Å². The number of piperidine rings is 1. The van der Waals surface area contributed by atoms with Crippen LogP contribution in [0.25, 0.3) is 0 Å². The van der Waals surface area contributed by atoms with Gasteiger partial charge in [-0.15, -0.1) is 0 Å². The second-order valence-corrected chi connectivity index (χ2v) is 8.20. The van der Waals surface area contributed by atoms with E-state index in [2.05, 4.69) is 9.97 Å². The van der Waals surface area contributed by atoms with Crippen molar-refractivity contribution in [3.63, 3.8) is 0 Å². The van der Waals surface area contributed by atoms with Crippen LogP contribution in [0.5, 0.6) is 5.75 Å². The third-order valence-electron chi connectivity index (χ3n) is 6.38. The molecule has 2 atom stereocenters. The minimum absolute atomic E-state index is 0.0502. The highest BCUT2D eigenvalue weighted by atomic mass is 16.5. The summed E-state index contributed by atoms with van der Waals surface area (Å²) in [6.07, 6.45) is 4.96. The van der Waals surface area contributed by atoms with Crippen molar-refractivity contribution >= 4 is 11.8 Å². The van der Waals surface area contributed by atoms with Crippen molar-refractivity contribution in [1.29, 1.82) is 0 Å². The van der Waals surface area contributed by atoms with Crippen molar-refractivity contribution in [2.45, 2.75) is 19.8 Å². The fraction of sp³-hybridized carbons (Fsp3) is 0.478. The highest BCUT2D eigenvalue weighted by Gasteiger charge is 2.41. The van der Waals surface area contributed by atoms with Gasteiger partial charge in [0.25, 0.3) is 5.91 Å². The lowest BCUT2D eigenvalue weighted by atomic mass is 9.78. The Labute approximate surface area is 177 Å². The van der Waals surface area contributed by atoms with Gasteiger partial charge in [-0.1, -0.05) is 18.2 Å². The second kappa shape index (κ2) is 9.24. The number of carbonyl (C=O) groups excluding carboxylic acids is 2. The summed E-state index contributed by atoms with van der Waals surface area (Å²) in [5, 5.41) is 0. The molecule has 0 aliphatic carbocycles. The summed E-state index contributed by atoms with van der Waals surface area (Å²) < 4.78 is 6.08. The van der Waals surface area contributed by atoms with Crippen LogP contribution in [0.1, 0.15) is 30.3 Å². The van der Waals surface area contributed by atoms with Crippen molar-refractivity contribution in [3.05, 3.63) is 54.6 Å². The van der Waals surface area contributed by atoms with Gasteiger partial charge in [0.15, 0.2) is 0 Å². The molecule has 0 saturated carbocycles. The summed E-state index contributed by atoms with van der Waals surface area (Å²) in [5.41, 5.74) is 0.430. The van der Waals surface area contributed by atoms with Gasteiger partial charge in [0.05, 0.1) is 6.61 Å². The van der Waals surface area contributed by atoms with Crippen LogP contribution in [0, 0.1) is 17.8 Å². The van der Waals surface area contributed by atoms with Crippen LogP contribution in [0.4, 0.5) is 0 Å². The standard InChI is InChI=1S/C23H28N4O3/c1-17(28)26-11-8-18(9-12-26)21-14-27(23(29)22-7-10-24-16-25-22)13-19(21)15-30-20-5-3-2-4-6-20/h2-7,10,16,18-19,21H,8-9,11-15H2,1H3/t19-,21-/m0/s1. The van der Waals surface area contributed by atoms with Crippen LogP contribution in [-0.2, 0) is 4.79 Å². The minimum Gasteiger partial charge on any atom is -0.493 e. The number of amides is 2. The van der Waals surface area contributed by atoms with Gasteiger partial charge in [-0.05, 0) is 42.9 Å². The molecule has 30 heavy (non-hydrogen) atoms. The third-order valence-corrected chi connectivity index (χ3v) is 6.38. The van der Waals surface area contributed by atoms with Gasteiger partial charge < -0.3 is 14.5 Å². The number of hydrogen-bond donors (Lipinski definition) is 0. The molecule has 0 spiro atoms. The molecule has 0 bridgehead atoms. The van der Waals surface area contributed by atoms with Crippen LogP contribution in [0.3, 0.4) is 0 Å². The molecule has 2 amide bonds. The summed E-state index contributed by atoms with van der Waals surface area (Å²) in [6, 6.07) is 11.5. The molecule has 2 aromatic rings. The zero-order valence-corrected chi connectivity index (χ0v) is 17.3. The van der Waals surface area contributed by atoms with E-state index in [1.807, 2.05) is 40.1 Å². The van der Waals surface area contributed by atoms with E-state index in [9.17, 15) is 9.59 Å². The van der Waals surface area contributed by atoms with Crippen molar-refractivity contribution in [2.75, 3.05) is 32.8 Å². The van der Waals surface area contributed by atoms with Crippen molar-refractivity contribution in [2.24, 2.45) is 17.8 Å². The number of aromatic nitrogens is 2. The molecule has 3 heterocycles. The zero-order chi connectivity index (χ0) is 20.9. The van der Waals surface area contributed by atoms with Crippen molar-refractivity contribution in [1.82, 2.24) is 19.8 Å². The molecule has 2 fully saturated rings. The van der Waals surface area contributed by atoms with E-state index in [1.54, 1.807) is 19.2 Å². The molecule has 7 heteroatoms. The van der Waals surface area contributed by atoms with E-state index in [0.29, 0.717) is 37.2 Å². The SMILES string of the molecule is CC(=O)N1CCC([C@@H]2CN(C(=O)c3ccncn3)C[C@H]2COc2ccccc2)CC1.